The minimum absolute atomic E-state index is 0.114. The highest BCUT2D eigenvalue weighted by atomic mass is 79.9. The van der Waals surface area contributed by atoms with Gasteiger partial charge in [-0.1, -0.05) is 101 Å². The number of piperidine rings is 2. The van der Waals surface area contributed by atoms with Gasteiger partial charge in [0.15, 0.2) is 54.2 Å². The molecule has 0 saturated carbocycles. The third-order valence-corrected chi connectivity index (χ3v) is 29.5. The summed E-state index contributed by atoms with van der Waals surface area (Å²) in [6, 6.07) is 17.1. The molecule has 143 heavy (non-hydrogen) atoms. The summed E-state index contributed by atoms with van der Waals surface area (Å²) < 4.78 is 112. The van der Waals surface area contributed by atoms with Crippen molar-refractivity contribution in [1.29, 1.82) is 0 Å². The molecule has 742 valence electrons. The van der Waals surface area contributed by atoms with Gasteiger partial charge < -0.3 is 47.7 Å². The molecule has 0 bridgehead atoms. The number of esters is 5. The Morgan fingerprint density at radius 3 is 1.01 bits per heavy atom. The lowest BCUT2D eigenvalue weighted by atomic mass is 9.91. The number of amidine groups is 5. The zero-order valence-corrected chi connectivity index (χ0v) is 86.7. The van der Waals surface area contributed by atoms with E-state index < -0.39 is 95.5 Å². The third kappa shape index (κ3) is 22.6. The molecule has 15 heterocycles. The summed E-state index contributed by atoms with van der Waals surface area (Å²) in [5.74, 6) is -2.48. The highest BCUT2D eigenvalue weighted by Gasteiger charge is 2.49. The van der Waals surface area contributed by atoms with E-state index in [0.717, 1.165) is 53.4 Å². The van der Waals surface area contributed by atoms with E-state index in [1.165, 1.54) is 132 Å². The summed E-state index contributed by atoms with van der Waals surface area (Å²) in [5.41, 5.74) is 7.58. The van der Waals surface area contributed by atoms with Crippen LogP contribution in [-0.4, -0.2) is 199 Å². The van der Waals surface area contributed by atoms with E-state index in [1.807, 2.05) is 15.7 Å². The van der Waals surface area contributed by atoms with Gasteiger partial charge >= 0.3 is 42.0 Å². The van der Waals surface area contributed by atoms with Crippen molar-refractivity contribution in [3.8, 4) is 0 Å². The van der Waals surface area contributed by atoms with E-state index in [1.54, 1.807) is 106 Å². The van der Waals surface area contributed by atoms with Crippen LogP contribution >= 0.6 is 128 Å². The summed E-state index contributed by atoms with van der Waals surface area (Å²) in [7, 11) is 0. The number of aromatic nitrogens is 5. The van der Waals surface area contributed by atoms with Crippen LogP contribution in [0.3, 0.4) is 0 Å². The lowest BCUT2D eigenvalue weighted by Gasteiger charge is -2.38. The molecule has 5 aromatic carbocycles. The Balaban J connectivity index is 0.000000128. The van der Waals surface area contributed by atoms with Crippen LogP contribution in [0.5, 0.6) is 0 Å². The van der Waals surface area contributed by atoms with Crippen LogP contribution in [0.1, 0.15) is 169 Å². The number of amides is 3. The average molecular weight is 2280 g/mol. The van der Waals surface area contributed by atoms with Crippen molar-refractivity contribution in [3.63, 3.8) is 0 Å². The zero-order valence-electron chi connectivity index (χ0n) is 76.3. The summed E-state index contributed by atoms with van der Waals surface area (Å²) in [5, 5.41) is 12.6. The molecule has 3 unspecified atom stereocenters. The Hall–Kier alpha value is -12.1. The maximum atomic E-state index is 13.7. The van der Waals surface area contributed by atoms with E-state index in [2.05, 4.69) is 87.6 Å². The predicted octanol–water partition coefficient (Wildman–Crippen LogP) is 21.1. The van der Waals surface area contributed by atoms with E-state index in [0.29, 0.717) is 153 Å². The molecule has 10 aliphatic rings. The van der Waals surface area contributed by atoms with Gasteiger partial charge in [-0.25, -0.2) is 90.2 Å². The number of hydrogen-bond donors (Lipinski definition) is 0. The average Bonchev–Trinajstić information content (AvgIpc) is 1.67. The van der Waals surface area contributed by atoms with Crippen molar-refractivity contribution in [1.82, 2.24) is 49.4 Å². The Bertz CT molecular complexity index is 6360. The number of ether oxygens (including phenoxy) is 8. The minimum Gasteiger partial charge on any atom is -0.463 e. The lowest BCUT2D eigenvalue weighted by molar-refractivity contribution is -0.140. The molecule has 10 aliphatic heterocycles. The molecule has 5 saturated heterocycles. The third-order valence-electron chi connectivity index (χ3n) is 23.0. The second kappa shape index (κ2) is 47.2. The molecule has 3 amide bonds. The Morgan fingerprint density at radius 2 is 0.664 bits per heavy atom. The fourth-order valence-electron chi connectivity index (χ4n) is 17.0. The monoisotopic (exact) mass is 2280 g/mol. The largest absolute Gasteiger partial charge is 0.463 e. The zero-order chi connectivity index (χ0) is 101. The number of morpholine rings is 1. The molecule has 31 nitrogen and oxygen atoms in total. The van der Waals surface area contributed by atoms with Crippen LogP contribution in [0.4, 0.5) is 31.5 Å². The normalized spacial score (nSPS) is 19.1. The first-order valence-electron chi connectivity index (χ1n) is 44.8. The van der Waals surface area contributed by atoms with Gasteiger partial charge in [-0.05, 0) is 144 Å². The number of hydrogen-bond acceptors (Lipinski definition) is 33. The molecular weight excluding hydrogens is 2200 g/mol. The van der Waals surface area contributed by atoms with Crippen molar-refractivity contribution in [2.75, 3.05) is 72.6 Å². The van der Waals surface area contributed by atoms with Crippen molar-refractivity contribution in [2.45, 2.75) is 116 Å². The van der Waals surface area contributed by atoms with Crippen LogP contribution in [0.25, 0.3) is 0 Å². The van der Waals surface area contributed by atoms with Gasteiger partial charge in [-0.15, -0.1) is 56.7 Å². The summed E-state index contributed by atoms with van der Waals surface area (Å²) >= 11 is 29.7. The number of allylic oxidation sites excluding steroid dienone is 2. The number of aliphatic imine (C=N–C) groups is 5. The number of nitrogens with zero attached hydrogens (tertiary/aromatic N) is 15. The van der Waals surface area contributed by atoms with E-state index in [4.69, 9.17) is 76.1 Å². The molecule has 10 aromatic rings. The molecule has 0 aliphatic carbocycles. The smallest absolute Gasteiger partial charge is 0.420 e. The first kappa shape index (κ1) is 104. The Kier molecular flexibility index (Phi) is 34.2. The number of thiazole rings is 5. The summed E-state index contributed by atoms with van der Waals surface area (Å²) in [6.07, 6.45) is 11.9. The van der Waals surface area contributed by atoms with E-state index in [-0.39, 0.29) is 97.4 Å². The molecule has 0 radical (unpaired) electrons. The highest BCUT2D eigenvalue weighted by Crippen LogP contribution is 2.49. The van der Waals surface area contributed by atoms with Crippen molar-refractivity contribution < 1.29 is 98.2 Å². The van der Waals surface area contributed by atoms with Crippen molar-refractivity contribution >= 4 is 205 Å². The number of rotatable bonds is 20. The van der Waals surface area contributed by atoms with E-state index in [9.17, 15) is 60.3 Å². The van der Waals surface area contributed by atoms with Gasteiger partial charge in [0.05, 0.1) is 93.0 Å². The Morgan fingerprint density at radius 1 is 0.364 bits per heavy atom. The predicted molar refractivity (Wildman–Crippen MR) is 535 cm³/mol. The van der Waals surface area contributed by atoms with Gasteiger partial charge in [0.25, 0.3) is 0 Å². The van der Waals surface area contributed by atoms with Gasteiger partial charge in [-0.2, -0.15) is 0 Å². The summed E-state index contributed by atoms with van der Waals surface area (Å²) in [4.78, 5) is 156. The van der Waals surface area contributed by atoms with Crippen LogP contribution in [0.15, 0.2) is 244 Å². The van der Waals surface area contributed by atoms with Crippen LogP contribution in [0, 0.1) is 29.1 Å². The maximum Gasteiger partial charge on any atom is 0.420 e. The number of carbonyl (C=O) groups is 8. The minimum atomic E-state index is -0.877. The number of cyclic esters (lactones) is 2. The molecule has 20 rings (SSSR count). The quantitative estimate of drug-likeness (QED) is 0.0388. The molecule has 5 atom stereocenters. The highest BCUT2D eigenvalue weighted by molar-refractivity contribution is 9.11. The fourth-order valence-corrected chi connectivity index (χ4v) is 22.4. The maximum absolute atomic E-state index is 13.7. The Labute approximate surface area is 869 Å². The first-order valence-corrected chi connectivity index (χ1v) is 52.3. The second-order valence-electron chi connectivity index (χ2n) is 31.5. The van der Waals surface area contributed by atoms with Gasteiger partial charge in [-0.3, -0.25) is 34.7 Å². The molecule has 46 heteroatoms. The molecule has 5 aromatic heterocycles. The number of benzene rings is 5. The second-order valence-corrected chi connectivity index (χ2v) is 39.3. The van der Waals surface area contributed by atoms with Gasteiger partial charge in [0.2, 0.25) is 5.91 Å². The van der Waals surface area contributed by atoms with Crippen LogP contribution in [0.2, 0.25) is 10.0 Å². The van der Waals surface area contributed by atoms with Crippen LogP contribution < -0.4 is 0 Å². The molecule has 5 fully saturated rings. The van der Waals surface area contributed by atoms with Gasteiger partial charge in [0.1, 0.15) is 59.3 Å². The van der Waals surface area contributed by atoms with Crippen molar-refractivity contribution in [2.24, 2.45) is 25.0 Å². The number of carbonyl (C=O) groups excluding carboxylic acids is 8. The SMILES string of the molecule is CCOC(=O)C1=C2CCCC(=O)N2C(c2nccs2)=N[C@H]1c1ccc(F)cc1Br.CCOC(=O)C1=C2CCCCN2C(c2nccs2)=NC1c1ccc(F)cc1Cl.CCOC(=O)C1=C2CCOC(=O)N2C(c2nccs2)=NC1c1ccc(F)cc1Cl.CCOC(=O)C1=C2CCOC(=O)N2C(c2nccs2)=N[C@H]1c1ccc(F)cc1Br.CCOC(=O)C1=C2COCCN2C(c2nccs2)=NC1c1ccc(F)cc1Br. The van der Waals surface area contributed by atoms with Crippen molar-refractivity contribution in [3.05, 3.63) is 311 Å². The van der Waals surface area contributed by atoms with Gasteiger partial charge in [0, 0.05) is 148 Å². The summed E-state index contributed by atoms with van der Waals surface area (Å²) in [6.45, 7) is 12.0. The topological polar surface area (TPSA) is 353 Å². The van der Waals surface area contributed by atoms with E-state index >= 15 is 0 Å². The molecule has 0 N–H and O–H groups in total. The number of fused-ring (bicyclic) bond motifs is 5. The molecule has 0 spiro atoms. The number of halogens is 10. The molecular formula is C97H83Br3Cl2F5N15O16S5. The van der Waals surface area contributed by atoms with Crippen LogP contribution in [-0.2, 0) is 66.7 Å². The standard InChI is InChI=1S/C20H17BrFN3O3S.C20H19ClFN3O2S.C19H15BrFN3O4S.C19H17BrFN3O3S.C19H15ClFN3O4S/c1-2-28-20(27)16-14-4-3-5-15(26)25(14)18(19-23-8-9-29-19)24-17(16)12-7-6-11(22)10-13(12)21;1-2-27-20(26)16-15-5-3-4-9-25(15)18(19-23-8-10-28-19)24-17(16)13-7-6-12(22)11-14(13)21;1-2-27-18(25)14-13-5-7-28-19(26)24(13)16(17-22-6-8-29-17)23-15(14)11-4-3-10(21)9-12(11)20;1-2-27-19(25)15-14-10-26-7-6-24(14)17(18-22-5-8-28-18)23-16(15)12-4-3-11(21)9-13(12)20;1-2-27-18(25)14-13-5-7-28-19(26)24(13)16(17-22-6-8-29-17)23-15(14)11-4-3-10(21)9-12(11)20/h6-10,17H,2-5H2,1H3;6-8,10-11,17H,2-5,9H2,1H3;3-4,6,8-9,15H,2,5,7H2,1H3;3-5,8-9,16H,2,6-7,10H2,1H3;3-4,6,8-9,15H,2,5,7H2,1H3/t17-;;15-;;/m0.0../s1. The first-order chi connectivity index (χ1) is 69.2. The lowest BCUT2D eigenvalue weighted by Crippen LogP contribution is -2.45. The fraction of sp³-hybridized carbons (Fsp3) is 0.299.